The van der Waals surface area contributed by atoms with Crippen LogP contribution in [0.3, 0.4) is 0 Å². The third kappa shape index (κ3) is 3.90. The van der Waals surface area contributed by atoms with E-state index < -0.39 is 18.8 Å². The van der Waals surface area contributed by atoms with Crippen molar-refractivity contribution in [1.29, 1.82) is 0 Å². The van der Waals surface area contributed by atoms with Gasteiger partial charge in [-0.2, -0.15) is 0 Å². The lowest BCUT2D eigenvalue weighted by atomic mass is 10.3. The lowest BCUT2D eigenvalue weighted by molar-refractivity contribution is -0.139. The van der Waals surface area contributed by atoms with Crippen LogP contribution < -0.4 is 15.9 Å². The molecular formula is C24H23O4P. The van der Waals surface area contributed by atoms with E-state index in [2.05, 4.69) is 0 Å². The molecule has 0 fully saturated rings. The Hall–Kier alpha value is -3.10. The lowest BCUT2D eigenvalue weighted by Gasteiger charge is -2.30. The first-order valence-electron chi connectivity index (χ1n) is 9.35. The molecule has 0 unspecified atom stereocenters. The fourth-order valence-corrected chi connectivity index (χ4v) is 7.67. The summed E-state index contributed by atoms with van der Waals surface area (Å²) in [7, 11) is 1.29. The highest BCUT2D eigenvalue weighted by molar-refractivity contribution is 7.97. The predicted molar refractivity (Wildman–Crippen MR) is 119 cm³/mol. The molecule has 0 aromatic heterocycles. The minimum absolute atomic E-state index is 0.0328. The Morgan fingerprint density at radius 2 is 1.07 bits per heavy atom. The molecule has 0 N–H and O–H groups in total. The molecular weight excluding hydrogens is 383 g/mol. The van der Waals surface area contributed by atoms with Crippen LogP contribution >= 0.6 is 6.89 Å². The predicted octanol–water partition coefficient (Wildman–Crippen LogP) is 2.89. The quantitative estimate of drug-likeness (QED) is 0.359. The topological polar surface area (TPSA) is 52.6 Å². The number of hydrogen-bond donors (Lipinski definition) is 0. The molecule has 0 spiro atoms. The second-order valence-corrected chi connectivity index (χ2v) is 9.58. The number of hydrogen-bond acceptors (Lipinski definition) is 4. The summed E-state index contributed by atoms with van der Waals surface area (Å²) in [5.74, 6) is -1.32. The number of methoxy groups -OCH3 is 1. The van der Waals surface area contributed by atoms with Crippen molar-refractivity contribution in [2.24, 2.45) is 0 Å². The zero-order valence-corrected chi connectivity index (χ0v) is 17.3. The van der Waals surface area contributed by atoms with Gasteiger partial charge < -0.3 is 9.47 Å². The van der Waals surface area contributed by atoms with E-state index in [1.165, 1.54) is 7.11 Å². The minimum Gasteiger partial charge on any atom is -0.465 e. The molecule has 0 atom stereocenters. The molecule has 0 saturated heterocycles. The number of carbonyl (C=O) groups is 2. The van der Waals surface area contributed by atoms with Gasteiger partial charge in [0.25, 0.3) is 0 Å². The van der Waals surface area contributed by atoms with Crippen molar-refractivity contribution in [2.45, 2.75) is 6.92 Å². The van der Waals surface area contributed by atoms with E-state index in [-0.39, 0.29) is 11.9 Å². The van der Waals surface area contributed by atoms with Crippen molar-refractivity contribution in [1.82, 2.24) is 0 Å². The second kappa shape index (κ2) is 9.40. The van der Waals surface area contributed by atoms with Gasteiger partial charge in [0.05, 0.1) is 13.7 Å². The Kier molecular flexibility index (Phi) is 6.69. The van der Waals surface area contributed by atoms with E-state index >= 15 is 0 Å². The molecule has 29 heavy (non-hydrogen) atoms. The fraction of sp³-hybridized carbons (Fsp3) is 0.125. The number of esters is 2. The highest BCUT2D eigenvalue weighted by Gasteiger charge is 2.38. The summed E-state index contributed by atoms with van der Waals surface area (Å²) in [5, 5.41) is 2.67. The number of ether oxygens (including phenoxy) is 2. The smallest absolute Gasteiger partial charge is 0.346 e. The molecule has 3 aromatic carbocycles. The van der Waals surface area contributed by atoms with Crippen molar-refractivity contribution in [2.75, 3.05) is 13.7 Å². The van der Waals surface area contributed by atoms with Gasteiger partial charge in [0.2, 0.25) is 0 Å². The maximum absolute atomic E-state index is 13.2. The van der Waals surface area contributed by atoms with Crippen LogP contribution in [0.1, 0.15) is 6.92 Å². The largest absolute Gasteiger partial charge is 0.465 e. The van der Waals surface area contributed by atoms with Crippen molar-refractivity contribution in [3.05, 3.63) is 91.0 Å². The number of benzene rings is 3. The highest BCUT2D eigenvalue weighted by atomic mass is 31.2. The summed E-state index contributed by atoms with van der Waals surface area (Å²) in [5.41, 5.74) is 0. The van der Waals surface area contributed by atoms with Crippen LogP contribution in [0.5, 0.6) is 0 Å². The monoisotopic (exact) mass is 406 g/mol. The average Bonchev–Trinajstić information content (AvgIpc) is 2.79. The Labute approximate surface area is 171 Å². The van der Waals surface area contributed by atoms with E-state index in [9.17, 15) is 9.59 Å². The van der Waals surface area contributed by atoms with Crippen LogP contribution in [0.2, 0.25) is 0 Å². The molecule has 0 radical (unpaired) electrons. The summed E-state index contributed by atoms with van der Waals surface area (Å²) >= 11 is 0. The third-order valence-electron chi connectivity index (χ3n) is 4.61. The van der Waals surface area contributed by atoms with Gasteiger partial charge in [-0.15, -0.1) is 0 Å². The molecule has 0 heterocycles. The first-order valence-corrected chi connectivity index (χ1v) is 11.1. The molecule has 3 rings (SSSR count). The molecule has 4 nitrogen and oxygen atoms in total. The van der Waals surface area contributed by atoms with Crippen molar-refractivity contribution >= 4 is 40.0 Å². The molecule has 0 amide bonds. The Balaban J connectivity index is 2.61. The van der Waals surface area contributed by atoms with Crippen LogP contribution in [0.15, 0.2) is 91.0 Å². The summed E-state index contributed by atoms with van der Waals surface area (Å²) in [6, 6.07) is 28.9. The van der Waals surface area contributed by atoms with Gasteiger partial charge in [0, 0.05) is 0 Å². The summed E-state index contributed by atoms with van der Waals surface area (Å²) in [6.07, 6.45) is 0. The standard InChI is InChI=1S/C24H23O4P/c1-3-28-24(26)22(23(25)27-2)29(19-13-7-4-8-14-19,20-15-9-5-10-16-20)21-17-11-6-12-18-21/h4-18H,3H2,1-2H3. The van der Waals surface area contributed by atoms with Crippen LogP contribution in [-0.4, -0.2) is 30.9 Å². The molecule has 0 bridgehead atoms. The average molecular weight is 406 g/mol. The van der Waals surface area contributed by atoms with E-state index in [1.807, 2.05) is 91.0 Å². The SMILES string of the molecule is CCOC(=O)C(C(=O)OC)=P(c1ccccc1)(c1ccccc1)c1ccccc1. The first kappa shape index (κ1) is 20.6. The maximum atomic E-state index is 13.2. The maximum Gasteiger partial charge on any atom is 0.346 e. The van der Waals surface area contributed by atoms with E-state index in [0.29, 0.717) is 0 Å². The molecule has 0 saturated carbocycles. The molecule has 0 aliphatic rings. The second-order valence-electron chi connectivity index (χ2n) is 6.24. The summed E-state index contributed by atoms with van der Waals surface area (Å²) in [4.78, 5) is 26.2. The molecule has 0 aliphatic carbocycles. The van der Waals surface area contributed by atoms with Crippen LogP contribution in [-0.2, 0) is 19.1 Å². The Bertz CT molecular complexity index is 925. The van der Waals surface area contributed by atoms with Gasteiger partial charge in [-0.3, -0.25) is 0 Å². The highest BCUT2D eigenvalue weighted by Crippen LogP contribution is 2.46. The van der Waals surface area contributed by atoms with Crippen molar-refractivity contribution in [3.8, 4) is 0 Å². The summed E-state index contributed by atoms with van der Waals surface area (Å²) < 4.78 is 10.4. The molecule has 3 aromatic rings. The Morgan fingerprint density at radius 3 is 1.38 bits per heavy atom. The first-order chi connectivity index (χ1) is 14.2. The van der Waals surface area contributed by atoms with Gasteiger partial charge in [-0.25, -0.2) is 9.59 Å². The van der Waals surface area contributed by atoms with Gasteiger partial charge in [-0.05, 0) is 29.7 Å². The van der Waals surface area contributed by atoms with Crippen LogP contribution in [0.4, 0.5) is 0 Å². The van der Waals surface area contributed by atoms with Gasteiger partial charge >= 0.3 is 11.9 Å². The van der Waals surface area contributed by atoms with E-state index in [4.69, 9.17) is 9.47 Å². The summed E-state index contributed by atoms with van der Waals surface area (Å²) in [6.45, 7) is -0.967. The fourth-order valence-electron chi connectivity index (χ4n) is 3.44. The third-order valence-corrected chi connectivity index (χ3v) is 8.87. The van der Waals surface area contributed by atoms with Gasteiger partial charge in [0.1, 0.15) is 0 Å². The van der Waals surface area contributed by atoms with Crippen LogP contribution in [0, 0.1) is 0 Å². The normalized spacial score (nSPS) is 10.8. The molecule has 148 valence electrons. The molecule has 5 heteroatoms. The number of carbonyl (C=O) groups excluding carboxylic acids is 2. The van der Waals surface area contributed by atoms with E-state index in [0.717, 1.165) is 15.9 Å². The Morgan fingerprint density at radius 1 is 0.690 bits per heavy atom. The van der Waals surface area contributed by atoms with Gasteiger partial charge in [-0.1, -0.05) is 91.0 Å². The van der Waals surface area contributed by atoms with Gasteiger partial charge in [0.15, 0.2) is 5.29 Å². The van der Waals surface area contributed by atoms with E-state index in [1.54, 1.807) is 6.92 Å². The number of rotatable bonds is 6. The zero-order valence-electron chi connectivity index (χ0n) is 16.4. The van der Waals surface area contributed by atoms with Crippen LogP contribution in [0.25, 0.3) is 0 Å². The minimum atomic E-state index is -2.85. The van der Waals surface area contributed by atoms with Crippen molar-refractivity contribution in [3.63, 3.8) is 0 Å². The zero-order chi connectivity index (χ0) is 20.7. The molecule has 0 aliphatic heterocycles. The lowest BCUT2D eigenvalue weighted by Crippen LogP contribution is -2.38. The van der Waals surface area contributed by atoms with Crippen molar-refractivity contribution < 1.29 is 19.1 Å².